The second kappa shape index (κ2) is 9.59. The maximum Gasteiger partial charge on any atom is 0.293 e. The van der Waals surface area contributed by atoms with Crippen LogP contribution in [0.25, 0.3) is 0 Å². The van der Waals surface area contributed by atoms with Crippen LogP contribution in [-0.2, 0) is 4.79 Å². The molecule has 164 valence electrons. The highest BCUT2D eigenvalue weighted by Gasteiger charge is 2.25. The predicted octanol–water partition coefficient (Wildman–Crippen LogP) is 3.82. The fourth-order valence-corrected chi connectivity index (χ4v) is 3.94. The van der Waals surface area contributed by atoms with Crippen LogP contribution < -0.4 is 15.5 Å². The number of nitro groups is 1. The lowest BCUT2D eigenvalue weighted by Gasteiger charge is -2.32. The van der Waals surface area contributed by atoms with Crippen molar-refractivity contribution in [3.8, 4) is 0 Å². The maximum atomic E-state index is 12.5. The Hall–Kier alpha value is -3.42. The Morgan fingerprint density at radius 3 is 2.55 bits per heavy atom. The third-order valence-corrected chi connectivity index (χ3v) is 5.59. The van der Waals surface area contributed by atoms with Crippen molar-refractivity contribution in [2.24, 2.45) is 5.92 Å². The molecule has 0 bridgehead atoms. The van der Waals surface area contributed by atoms with E-state index in [0.29, 0.717) is 11.6 Å². The maximum absolute atomic E-state index is 12.5. The number of para-hydroxylation sites is 1. The van der Waals surface area contributed by atoms with Gasteiger partial charge in [-0.15, -0.1) is 0 Å². The minimum atomic E-state index is -0.529. The average Bonchev–Trinajstić information content (AvgIpc) is 2.74. The van der Waals surface area contributed by atoms with Gasteiger partial charge in [0, 0.05) is 30.4 Å². The summed E-state index contributed by atoms with van der Waals surface area (Å²) in [4.78, 5) is 38.0. The third kappa shape index (κ3) is 5.39. The fourth-order valence-electron chi connectivity index (χ4n) is 3.94. The highest BCUT2D eigenvalue weighted by atomic mass is 16.6. The number of rotatable bonds is 6. The molecule has 1 atom stereocenters. The van der Waals surface area contributed by atoms with Crippen LogP contribution in [0.15, 0.2) is 36.4 Å². The predicted molar refractivity (Wildman–Crippen MR) is 121 cm³/mol. The molecule has 1 aliphatic heterocycles. The quantitative estimate of drug-likeness (QED) is 0.542. The van der Waals surface area contributed by atoms with Gasteiger partial charge in [-0.05, 0) is 55.9 Å². The molecule has 1 saturated heterocycles. The van der Waals surface area contributed by atoms with Crippen LogP contribution >= 0.6 is 0 Å². The topological polar surface area (TPSA) is 105 Å². The van der Waals surface area contributed by atoms with Gasteiger partial charge in [-0.1, -0.05) is 25.1 Å². The van der Waals surface area contributed by atoms with Crippen LogP contribution in [0, 0.1) is 29.9 Å². The number of hydrogen-bond acceptors (Lipinski definition) is 5. The number of benzene rings is 2. The largest absolute Gasteiger partial charge is 0.366 e. The second-order valence-corrected chi connectivity index (χ2v) is 8.15. The number of carbonyl (C=O) groups excluding carboxylic acids is 2. The summed E-state index contributed by atoms with van der Waals surface area (Å²) >= 11 is 0. The molecule has 0 spiro atoms. The molecule has 0 aromatic heterocycles. The van der Waals surface area contributed by atoms with Gasteiger partial charge in [0.2, 0.25) is 5.91 Å². The standard InChI is InChI=1S/C23H28N4O4/c1-15-6-5-11-26(14-15)19-10-9-18(12-20(19)27(30)31)23(29)24-13-21(28)25-22-16(2)7-4-8-17(22)3/h4,7-10,12,15H,5-6,11,13-14H2,1-3H3,(H,24,29)(H,25,28)/t15-/m1/s1. The summed E-state index contributed by atoms with van der Waals surface area (Å²) in [5, 5.41) is 17.0. The summed E-state index contributed by atoms with van der Waals surface area (Å²) in [5.41, 5.74) is 3.16. The van der Waals surface area contributed by atoms with Gasteiger partial charge in [0.05, 0.1) is 11.5 Å². The van der Waals surface area contributed by atoms with E-state index in [0.717, 1.165) is 42.7 Å². The summed E-state index contributed by atoms with van der Waals surface area (Å²) in [6, 6.07) is 10.2. The molecule has 0 aliphatic carbocycles. The first-order valence-electron chi connectivity index (χ1n) is 10.4. The zero-order chi connectivity index (χ0) is 22.5. The average molecular weight is 425 g/mol. The van der Waals surface area contributed by atoms with Crippen LogP contribution in [0.5, 0.6) is 0 Å². The number of nitrogens with one attached hydrogen (secondary N) is 2. The first kappa shape index (κ1) is 22.3. The number of carbonyl (C=O) groups is 2. The van der Waals surface area contributed by atoms with Crippen LogP contribution in [0.4, 0.5) is 17.1 Å². The van der Waals surface area contributed by atoms with Crippen molar-refractivity contribution in [3.05, 3.63) is 63.2 Å². The number of piperidine rings is 1. The number of anilines is 2. The molecule has 2 amide bonds. The smallest absolute Gasteiger partial charge is 0.293 e. The molecule has 31 heavy (non-hydrogen) atoms. The molecule has 2 N–H and O–H groups in total. The van der Waals surface area contributed by atoms with Gasteiger partial charge in [-0.3, -0.25) is 19.7 Å². The lowest BCUT2D eigenvalue weighted by molar-refractivity contribution is -0.384. The van der Waals surface area contributed by atoms with Gasteiger partial charge in [0.15, 0.2) is 0 Å². The van der Waals surface area contributed by atoms with Gasteiger partial charge in [0.25, 0.3) is 11.6 Å². The van der Waals surface area contributed by atoms with Crippen molar-refractivity contribution in [1.29, 1.82) is 0 Å². The van der Waals surface area contributed by atoms with Crippen LogP contribution in [0.1, 0.15) is 41.3 Å². The molecule has 0 unspecified atom stereocenters. The normalized spacial score (nSPS) is 16.0. The summed E-state index contributed by atoms with van der Waals surface area (Å²) in [6.07, 6.45) is 2.09. The number of amides is 2. The summed E-state index contributed by atoms with van der Waals surface area (Å²) in [7, 11) is 0. The van der Waals surface area contributed by atoms with Crippen LogP contribution in [0.2, 0.25) is 0 Å². The zero-order valence-electron chi connectivity index (χ0n) is 18.1. The van der Waals surface area contributed by atoms with E-state index >= 15 is 0 Å². The minimum Gasteiger partial charge on any atom is -0.366 e. The summed E-state index contributed by atoms with van der Waals surface area (Å²) in [5.74, 6) is -0.427. The molecule has 2 aromatic carbocycles. The molecule has 8 nitrogen and oxygen atoms in total. The van der Waals surface area contributed by atoms with Gasteiger partial charge in [0.1, 0.15) is 5.69 Å². The van der Waals surface area contributed by atoms with Crippen molar-refractivity contribution in [3.63, 3.8) is 0 Å². The van der Waals surface area contributed by atoms with E-state index in [-0.39, 0.29) is 23.7 Å². The minimum absolute atomic E-state index is 0.0956. The SMILES string of the molecule is Cc1cccc(C)c1NC(=O)CNC(=O)c1ccc(N2CCC[C@@H](C)C2)c([N+](=O)[O-])c1. The van der Waals surface area contributed by atoms with Crippen molar-refractivity contribution in [2.75, 3.05) is 29.9 Å². The van der Waals surface area contributed by atoms with Gasteiger partial charge in [-0.25, -0.2) is 0 Å². The summed E-state index contributed by atoms with van der Waals surface area (Å²) in [6.45, 7) is 7.20. The Morgan fingerprint density at radius 1 is 1.19 bits per heavy atom. The molecular formula is C23H28N4O4. The number of nitrogens with zero attached hydrogens (tertiary/aromatic N) is 2. The van der Waals surface area contributed by atoms with Crippen LogP contribution in [-0.4, -0.2) is 36.4 Å². The van der Waals surface area contributed by atoms with E-state index in [1.165, 1.54) is 6.07 Å². The Morgan fingerprint density at radius 2 is 1.90 bits per heavy atom. The Balaban J connectivity index is 1.68. The lowest BCUT2D eigenvalue weighted by atomic mass is 9.99. The first-order chi connectivity index (χ1) is 14.8. The molecule has 8 heteroatoms. The second-order valence-electron chi connectivity index (χ2n) is 8.15. The first-order valence-corrected chi connectivity index (χ1v) is 10.4. The Bertz CT molecular complexity index is 985. The molecule has 2 aromatic rings. The van der Waals surface area contributed by atoms with Gasteiger partial charge < -0.3 is 15.5 Å². The Labute approximate surface area is 181 Å². The van der Waals surface area contributed by atoms with Crippen molar-refractivity contribution >= 4 is 28.9 Å². The Kier molecular flexibility index (Phi) is 6.89. The third-order valence-electron chi connectivity index (χ3n) is 5.59. The van der Waals surface area contributed by atoms with E-state index < -0.39 is 10.8 Å². The fraction of sp³-hybridized carbons (Fsp3) is 0.391. The van der Waals surface area contributed by atoms with E-state index in [4.69, 9.17) is 0 Å². The van der Waals surface area contributed by atoms with Gasteiger partial charge in [-0.2, -0.15) is 0 Å². The summed E-state index contributed by atoms with van der Waals surface area (Å²) < 4.78 is 0. The van der Waals surface area contributed by atoms with E-state index in [9.17, 15) is 19.7 Å². The van der Waals surface area contributed by atoms with Crippen molar-refractivity contribution in [1.82, 2.24) is 5.32 Å². The van der Waals surface area contributed by atoms with Crippen molar-refractivity contribution < 1.29 is 14.5 Å². The highest BCUT2D eigenvalue weighted by molar-refractivity contribution is 6.00. The van der Waals surface area contributed by atoms with Crippen molar-refractivity contribution in [2.45, 2.75) is 33.6 Å². The molecule has 0 saturated carbocycles. The number of hydrogen-bond donors (Lipinski definition) is 2. The highest BCUT2D eigenvalue weighted by Crippen LogP contribution is 2.32. The molecule has 1 aliphatic rings. The molecule has 1 heterocycles. The van der Waals surface area contributed by atoms with E-state index in [1.807, 2.05) is 36.9 Å². The number of aryl methyl sites for hydroxylation is 2. The molecule has 3 rings (SSSR count). The molecular weight excluding hydrogens is 396 g/mol. The number of nitro benzene ring substituents is 1. The lowest BCUT2D eigenvalue weighted by Crippen LogP contribution is -2.35. The van der Waals surface area contributed by atoms with E-state index in [2.05, 4.69) is 17.6 Å². The monoisotopic (exact) mass is 424 g/mol. The molecule has 0 radical (unpaired) electrons. The van der Waals surface area contributed by atoms with Gasteiger partial charge >= 0.3 is 0 Å². The van der Waals surface area contributed by atoms with E-state index in [1.54, 1.807) is 12.1 Å². The molecule has 1 fully saturated rings. The van der Waals surface area contributed by atoms with Crippen LogP contribution in [0.3, 0.4) is 0 Å². The zero-order valence-corrected chi connectivity index (χ0v) is 18.1.